The Kier molecular flexibility index (Phi) is 8.23. The van der Waals surface area contributed by atoms with Gasteiger partial charge in [-0.15, -0.1) is 0 Å². The molecule has 2 aromatic rings. The Morgan fingerprint density at radius 3 is 2.31 bits per heavy atom. The van der Waals surface area contributed by atoms with Gasteiger partial charge in [0.2, 0.25) is 0 Å². The van der Waals surface area contributed by atoms with Gasteiger partial charge in [0.25, 0.3) is 5.69 Å². The number of non-ortho nitro benzene ring substituents is 1. The lowest BCUT2D eigenvalue weighted by Crippen LogP contribution is -2.32. The molecule has 0 aliphatic carbocycles. The van der Waals surface area contributed by atoms with Gasteiger partial charge in [-0.2, -0.15) is 5.26 Å². The molecule has 1 N–H and O–H groups in total. The van der Waals surface area contributed by atoms with Crippen LogP contribution in [-0.2, 0) is 25.7 Å². The molecule has 0 spiro atoms. The number of rotatable bonds is 8. The summed E-state index contributed by atoms with van der Waals surface area (Å²) in [6, 6.07) is 14.4. The van der Waals surface area contributed by atoms with Crippen molar-refractivity contribution in [1.82, 2.24) is 5.32 Å². The fraction of sp³-hybridized carbons (Fsp3) is 0.240. The quantitative estimate of drug-likeness (QED) is 0.241. The topological polar surface area (TPSA) is 132 Å². The molecule has 9 nitrogen and oxygen atoms in total. The Bertz CT molecular complexity index is 1260. The molecule has 1 heterocycles. The Balaban J connectivity index is 2.01. The molecule has 1 aliphatic rings. The zero-order valence-electron chi connectivity index (χ0n) is 19.0. The molecule has 10 heteroatoms. The predicted octanol–water partition coefficient (Wildman–Crippen LogP) is 4.68. The molecule has 0 saturated carbocycles. The first kappa shape index (κ1) is 25.5. The lowest BCUT2D eigenvalue weighted by Gasteiger charge is -2.30. The van der Waals surface area contributed by atoms with E-state index < -0.39 is 22.8 Å². The Morgan fingerprint density at radius 2 is 1.71 bits per heavy atom. The average Bonchev–Trinajstić information content (AvgIpc) is 2.83. The lowest BCUT2D eigenvalue weighted by atomic mass is 9.80. The van der Waals surface area contributed by atoms with Crippen molar-refractivity contribution in [2.45, 2.75) is 32.8 Å². The van der Waals surface area contributed by atoms with Crippen molar-refractivity contribution < 1.29 is 24.0 Å². The van der Waals surface area contributed by atoms with Gasteiger partial charge in [0.15, 0.2) is 0 Å². The number of hydrogen-bond donors (Lipinski definition) is 1. The van der Waals surface area contributed by atoms with E-state index in [1.165, 1.54) is 18.2 Å². The molecule has 0 aromatic heterocycles. The van der Waals surface area contributed by atoms with E-state index in [1.807, 2.05) is 6.07 Å². The first-order valence-corrected chi connectivity index (χ1v) is 11.0. The molecular weight excluding hydrogens is 474 g/mol. The number of allylic oxidation sites excluding steroid dienone is 2. The van der Waals surface area contributed by atoms with E-state index in [0.29, 0.717) is 27.5 Å². The maximum Gasteiger partial charge on any atom is 0.337 e. The molecule has 0 fully saturated rings. The lowest BCUT2D eigenvalue weighted by molar-refractivity contribution is -0.384. The highest BCUT2D eigenvalue weighted by molar-refractivity contribution is 6.30. The summed E-state index contributed by atoms with van der Waals surface area (Å²) < 4.78 is 10.8. The number of ether oxygens (including phenoxy) is 2. The number of hydrogen-bond acceptors (Lipinski definition) is 8. The number of carbonyl (C=O) groups excluding carboxylic acids is 2. The van der Waals surface area contributed by atoms with Crippen molar-refractivity contribution in [2.75, 3.05) is 6.61 Å². The minimum absolute atomic E-state index is 0.00215. The largest absolute Gasteiger partial charge is 0.461 e. The summed E-state index contributed by atoms with van der Waals surface area (Å²) in [5.74, 6) is -2.42. The van der Waals surface area contributed by atoms with Gasteiger partial charge in [-0.25, -0.2) is 9.59 Å². The summed E-state index contributed by atoms with van der Waals surface area (Å²) >= 11 is 5.90. The van der Waals surface area contributed by atoms with Crippen molar-refractivity contribution in [3.63, 3.8) is 0 Å². The highest BCUT2D eigenvalue weighted by Gasteiger charge is 2.38. The van der Waals surface area contributed by atoms with E-state index in [0.717, 1.165) is 0 Å². The number of nitrogens with one attached hydrogen (secondary N) is 1. The second-order valence-electron chi connectivity index (χ2n) is 7.73. The minimum Gasteiger partial charge on any atom is -0.461 e. The molecular formula is C25H22ClN3O6. The van der Waals surface area contributed by atoms with Crippen LogP contribution in [0.2, 0.25) is 5.02 Å². The van der Waals surface area contributed by atoms with Gasteiger partial charge < -0.3 is 14.8 Å². The number of nitro benzene ring substituents is 1. The van der Waals surface area contributed by atoms with Crippen LogP contribution in [0, 0.1) is 21.4 Å². The molecule has 0 bridgehead atoms. The molecule has 1 atom stereocenters. The predicted molar refractivity (Wildman–Crippen MR) is 127 cm³/mol. The van der Waals surface area contributed by atoms with Crippen LogP contribution in [0.5, 0.6) is 0 Å². The van der Waals surface area contributed by atoms with Crippen LogP contribution in [0.25, 0.3) is 0 Å². The SMILES string of the molecule is CC1=C(C(=O)OCCC#N)C(c2cccc([N+](=O)[O-])c2)C(C(=O)OCc2ccc(Cl)cc2)=C(C)N1. The number of dihydropyridines is 1. The van der Waals surface area contributed by atoms with Gasteiger partial charge in [0.05, 0.1) is 34.5 Å². The van der Waals surface area contributed by atoms with Gasteiger partial charge >= 0.3 is 11.9 Å². The van der Waals surface area contributed by atoms with Crippen LogP contribution in [-0.4, -0.2) is 23.5 Å². The number of benzene rings is 2. The van der Waals surface area contributed by atoms with Crippen LogP contribution in [0.1, 0.15) is 37.3 Å². The van der Waals surface area contributed by atoms with E-state index in [4.69, 9.17) is 26.3 Å². The molecule has 35 heavy (non-hydrogen) atoms. The van der Waals surface area contributed by atoms with E-state index in [1.54, 1.807) is 44.2 Å². The average molecular weight is 496 g/mol. The summed E-state index contributed by atoms with van der Waals surface area (Å²) in [6.07, 6.45) is -0.00215. The maximum atomic E-state index is 13.3. The van der Waals surface area contributed by atoms with Crippen molar-refractivity contribution in [2.24, 2.45) is 0 Å². The first-order valence-electron chi connectivity index (χ1n) is 10.6. The Hall–Kier alpha value is -4.16. The van der Waals surface area contributed by atoms with Gasteiger partial charge in [-0.1, -0.05) is 35.9 Å². The van der Waals surface area contributed by atoms with Crippen LogP contribution in [0.4, 0.5) is 5.69 Å². The maximum absolute atomic E-state index is 13.3. The zero-order valence-corrected chi connectivity index (χ0v) is 19.8. The molecule has 1 aliphatic heterocycles. The smallest absolute Gasteiger partial charge is 0.337 e. The molecule has 180 valence electrons. The van der Waals surface area contributed by atoms with Gasteiger partial charge in [-0.05, 0) is 37.1 Å². The number of nitrogens with zero attached hydrogens (tertiary/aromatic N) is 2. The highest BCUT2D eigenvalue weighted by Crippen LogP contribution is 2.40. The van der Waals surface area contributed by atoms with Crippen molar-refractivity contribution >= 4 is 29.2 Å². The minimum atomic E-state index is -0.983. The number of halogens is 1. The number of nitro groups is 1. The van der Waals surface area contributed by atoms with Crippen LogP contribution in [0.3, 0.4) is 0 Å². The summed E-state index contributed by atoms with van der Waals surface area (Å²) in [4.78, 5) is 37.2. The van der Waals surface area contributed by atoms with E-state index in [2.05, 4.69) is 5.32 Å². The zero-order chi connectivity index (χ0) is 25.5. The monoisotopic (exact) mass is 495 g/mol. The summed E-state index contributed by atoms with van der Waals surface area (Å²) in [5.41, 5.74) is 1.96. The second-order valence-corrected chi connectivity index (χ2v) is 8.17. The fourth-order valence-electron chi connectivity index (χ4n) is 3.76. The molecule has 0 amide bonds. The standard InChI is InChI=1S/C25H22ClN3O6/c1-15-21(24(30)34-12-4-11-27)23(18-5-3-6-20(13-18)29(32)33)22(16(2)28-15)25(31)35-14-17-7-9-19(26)10-8-17/h3,5-10,13,23,28H,4,12,14H2,1-2H3. The van der Waals surface area contributed by atoms with Crippen molar-refractivity contribution in [1.29, 1.82) is 5.26 Å². The van der Waals surface area contributed by atoms with E-state index >= 15 is 0 Å². The van der Waals surface area contributed by atoms with Crippen LogP contribution >= 0.6 is 11.6 Å². The second kappa shape index (κ2) is 11.3. The number of esters is 2. The highest BCUT2D eigenvalue weighted by atomic mass is 35.5. The molecule has 0 radical (unpaired) electrons. The van der Waals surface area contributed by atoms with Crippen LogP contribution < -0.4 is 5.32 Å². The van der Waals surface area contributed by atoms with Gasteiger partial charge in [0.1, 0.15) is 13.2 Å². The van der Waals surface area contributed by atoms with Crippen molar-refractivity contribution in [3.8, 4) is 6.07 Å². The fourth-order valence-corrected chi connectivity index (χ4v) is 3.89. The van der Waals surface area contributed by atoms with E-state index in [9.17, 15) is 19.7 Å². The van der Waals surface area contributed by atoms with Crippen LogP contribution in [0.15, 0.2) is 71.1 Å². The van der Waals surface area contributed by atoms with Crippen molar-refractivity contribution in [3.05, 3.63) is 97.3 Å². The summed E-state index contributed by atoms with van der Waals surface area (Å²) in [5, 5.41) is 23.7. The summed E-state index contributed by atoms with van der Waals surface area (Å²) in [6.45, 7) is 3.13. The van der Waals surface area contributed by atoms with E-state index in [-0.39, 0.29) is 36.5 Å². The number of carbonyl (C=O) groups is 2. The third-order valence-corrected chi connectivity index (χ3v) is 5.60. The molecule has 2 aromatic carbocycles. The molecule has 0 saturated heterocycles. The normalized spacial score (nSPS) is 15.2. The van der Waals surface area contributed by atoms with Gasteiger partial charge in [0, 0.05) is 28.5 Å². The third-order valence-electron chi connectivity index (χ3n) is 5.34. The number of nitriles is 1. The first-order chi connectivity index (χ1) is 16.7. The molecule has 1 unspecified atom stereocenters. The Labute approximate surface area is 206 Å². The summed E-state index contributed by atoms with van der Waals surface area (Å²) in [7, 11) is 0. The molecule has 3 rings (SSSR count). The third kappa shape index (κ3) is 6.05. The van der Waals surface area contributed by atoms with Gasteiger partial charge in [-0.3, -0.25) is 10.1 Å². The Morgan fingerprint density at radius 1 is 1.09 bits per heavy atom.